The largest absolute Gasteiger partial charge is 0.463 e. The molecule has 3 N–H and O–H groups in total. The van der Waals surface area contributed by atoms with E-state index >= 15 is 0 Å². The monoisotopic (exact) mass is 715 g/mol. The van der Waals surface area contributed by atoms with E-state index in [1.54, 1.807) is 24.3 Å². The average Bonchev–Trinajstić information content (AvgIpc) is 3.12. The Bertz CT molecular complexity index is 978. The van der Waals surface area contributed by atoms with E-state index in [-0.39, 0.29) is 25.6 Å². The minimum Gasteiger partial charge on any atom is -0.463 e. The van der Waals surface area contributed by atoms with Gasteiger partial charge >= 0.3 is 11.9 Å². The molecule has 0 unspecified atom stereocenters. The third-order valence-electron chi connectivity index (χ3n) is 8.39. The van der Waals surface area contributed by atoms with Crippen LogP contribution in [0.1, 0.15) is 162 Å². The van der Waals surface area contributed by atoms with Gasteiger partial charge in [-0.1, -0.05) is 183 Å². The average molecular weight is 715 g/mol. The molecule has 0 spiro atoms. The fourth-order valence-electron chi connectivity index (χ4n) is 5.29. The van der Waals surface area contributed by atoms with Gasteiger partial charge in [0.25, 0.3) is 0 Å². The van der Waals surface area contributed by atoms with E-state index < -0.39 is 24.3 Å². The number of carbonyl (C=O) groups is 2. The van der Waals surface area contributed by atoms with Gasteiger partial charge in [-0.2, -0.15) is 0 Å². The molecule has 0 rings (SSSR count). The molecule has 0 aromatic rings. The number of ether oxygens (including phenoxy) is 2. The summed E-state index contributed by atoms with van der Waals surface area (Å²) >= 11 is 0. The highest BCUT2D eigenvalue weighted by Crippen LogP contribution is 2.14. The van der Waals surface area contributed by atoms with Gasteiger partial charge in [-0.25, -0.2) is 0 Å². The molecular formula is C44H74O7. The maximum atomic E-state index is 12.0. The number of hydrogen-bond donors (Lipinski definition) is 3. The van der Waals surface area contributed by atoms with Crippen molar-refractivity contribution in [2.24, 2.45) is 0 Å². The van der Waals surface area contributed by atoms with Gasteiger partial charge in [0.2, 0.25) is 0 Å². The number of unbranched alkanes of at least 4 members (excludes halogenated alkanes) is 15. The molecule has 7 nitrogen and oxygen atoms in total. The maximum Gasteiger partial charge on any atom is 0.306 e. The zero-order valence-electron chi connectivity index (χ0n) is 32.3. The molecule has 3 atom stereocenters. The molecule has 0 saturated carbocycles. The quantitative estimate of drug-likeness (QED) is 0.0259. The molecule has 0 aliphatic heterocycles. The molecule has 292 valence electrons. The van der Waals surface area contributed by atoms with Crippen molar-refractivity contribution in [2.45, 2.75) is 180 Å². The maximum absolute atomic E-state index is 12.0. The third-order valence-corrected chi connectivity index (χ3v) is 8.39. The van der Waals surface area contributed by atoms with Crippen LogP contribution in [0.2, 0.25) is 0 Å². The number of hydrogen-bond acceptors (Lipinski definition) is 7. The van der Waals surface area contributed by atoms with Crippen LogP contribution in [0, 0.1) is 0 Å². The second kappa shape index (κ2) is 38.5. The van der Waals surface area contributed by atoms with E-state index in [4.69, 9.17) is 9.47 Å². The third kappa shape index (κ3) is 38.3. The lowest BCUT2D eigenvalue weighted by Crippen LogP contribution is -2.25. The minimum atomic E-state index is -1.03. The molecule has 7 heteroatoms. The first-order valence-corrected chi connectivity index (χ1v) is 20.2. The summed E-state index contributed by atoms with van der Waals surface area (Å²) in [6, 6.07) is 0. The Morgan fingerprint density at radius 2 is 0.941 bits per heavy atom. The molecule has 0 aliphatic carbocycles. The minimum absolute atomic E-state index is 0.168. The van der Waals surface area contributed by atoms with Gasteiger partial charge in [0.05, 0.1) is 12.2 Å². The van der Waals surface area contributed by atoms with Crippen LogP contribution in [0.25, 0.3) is 0 Å². The molecule has 0 amide bonds. The molecule has 0 aromatic heterocycles. The number of allylic oxidation sites excluding steroid dienone is 8. The molecule has 0 saturated heterocycles. The van der Waals surface area contributed by atoms with E-state index in [1.165, 1.54) is 83.5 Å². The highest BCUT2D eigenvalue weighted by molar-refractivity contribution is 5.70. The highest BCUT2D eigenvalue weighted by atomic mass is 16.6. The summed E-state index contributed by atoms with van der Waals surface area (Å²) in [4.78, 5) is 23.9. The molecule has 0 aliphatic rings. The van der Waals surface area contributed by atoms with Crippen LogP contribution in [0.3, 0.4) is 0 Å². The van der Waals surface area contributed by atoms with Gasteiger partial charge in [0.1, 0.15) is 19.3 Å². The molecule has 0 radical (unpaired) electrons. The van der Waals surface area contributed by atoms with Gasteiger partial charge in [0.15, 0.2) is 0 Å². The first-order valence-electron chi connectivity index (χ1n) is 20.2. The van der Waals surface area contributed by atoms with Gasteiger partial charge in [0, 0.05) is 12.8 Å². The van der Waals surface area contributed by atoms with Crippen LogP contribution >= 0.6 is 0 Å². The van der Waals surface area contributed by atoms with Crippen LogP contribution in [0.4, 0.5) is 0 Å². The molecule has 0 aromatic carbocycles. The van der Waals surface area contributed by atoms with Crippen molar-refractivity contribution in [2.75, 3.05) is 13.2 Å². The SMILES string of the molecule is CC/C=C\C[C@@H](O)/C=C/C=C\C=C\[C@@H](O)C/C=C\C/C=C\CCC(=O)OC[C@@H](O)COC(=O)CCCCCCCCCCCCCCCCCC. The van der Waals surface area contributed by atoms with Crippen LogP contribution in [0.5, 0.6) is 0 Å². The zero-order chi connectivity index (χ0) is 37.5. The summed E-state index contributed by atoms with van der Waals surface area (Å²) in [5.41, 5.74) is 0. The number of aliphatic hydroxyl groups excluding tert-OH is 3. The summed E-state index contributed by atoms with van der Waals surface area (Å²) in [5.74, 6) is -0.728. The molecule has 51 heavy (non-hydrogen) atoms. The van der Waals surface area contributed by atoms with Crippen molar-refractivity contribution >= 4 is 11.9 Å². The lowest BCUT2D eigenvalue weighted by molar-refractivity contribution is -0.152. The van der Waals surface area contributed by atoms with Crippen LogP contribution < -0.4 is 0 Å². The van der Waals surface area contributed by atoms with E-state index in [0.717, 1.165) is 25.7 Å². The first-order chi connectivity index (χ1) is 24.9. The molecule has 0 heterocycles. The number of esters is 2. The first kappa shape index (κ1) is 48.3. The molecule has 0 fully saturated rings. The second-order valence-electron chi connectivity index (χ2n) is 13.4. The lowest BCUT2D eigenvalue weighted by Gasteiger charge is -2.12. The second-order valence-corrected chi connectivity index (χ2v) is 13.4. The Morgan fingerprint density at radius 3 is 1.43 bits per heavy atom. The van der Waals surface area contributed by atoms with Crippen LogP contribution in [-0.2, 0) is 19.1 Å². The van der Waals surface area contributed by atoms with Gasteiger partial charge in [-0.15, -0.1) is 0 Å². The van der Waals surface area contributed by atoms with Crippen molar-refractivity contribution < 1.29 is 34.4 Å². The Hall–Kier alpha value is -2.74. The Labute approximate surface area is 311 Å². The molecule has 0 bridgehead atoms. The summed E-state index contributed by atoms with van der Waals surface area (Å²) in [5, 5.41) is 29.8. The topological polar surface area (TPSA) is 113 Å². The fourth-order valence-corrected chi connectivity index (χ4v) is 5.29. The van der Waals surface area contributed by atoms with Crippen molar-refractivity contribution in [1.29, 1.82) is 0 Å². The smallest absolute Gasteiger partial charge is 0.306 e. The number of aliphatic hydroxyl groups is 3. The highest BCUT2D eigenvalue weighted by Gasteiger charge is 2.11. The van der Waals surface area contributed by atoms with Gasteiger partial charge in [-0.05, 0) is 38.5 Å². The van der Waals surface area contributed by atoms with E-state index in [1.807, 2.05) is 48.6 Å². The summed E-state index contributed by atoms with van der Waals surface area (Å²) in [7, 11) is 0. The van der Waals surface area contributed by atoms with Gasteiger partial charge < -0.3 is 24.8 Å². The Balaban J connectivity index is 3.69. The Morgan fingerprint density at radius 1 is 0.510 bits per heavy atom. The van der Waals surface area contributed by atoms with Crippen molar-refractivity contribution in [3.05, 3.63) is 72.9 Å². The summed E-state index contributed by atoms with van der Waals surface area (Å²) in [6.45, 7) is 3.96. The lowest BCUT2D eigenvalue weighted by atomic mass is 10.0. The normalized spacial score (nSPS) is 14.2. The summed E-state index contributed by atoms with van der Waals surface area (Å²) in [6.07, 6.45) is 44.6. The van der Waals surface area contributed by atoms with E-state index in [0.29, 0.717) is 32.1 Å². The van der Waals surface area contributed by atoms with Crippen molar-refractivity contribution in [1.82, 2.24) is 0 Å². The summed E-state index contributed by atoms with van der Waals surface area (Å²) < 4.78 is 10.2. The Kier molecular flexibility index (Phi) is 36.4. The zero-order valence-corrected chi connectivity index (χ0v) is 32.3. The standard InChI is InChI=1S/C44H74O7/c1-3-5-7-8-9-10-11-12-13-14-15-16-17-18-22-30-36-43(48)50-38-42(47)39-51-44(49)37-31-23-20-19-21-27-33-41(46)35-29-25-24-28-34-40(45)32-26-6-4-2/h6,20-21,23-29,34-35,40-42,45-47H,3-5,7-19,22,30-33,36-39H2,1-2H3/b23-20-,25-24-,26-6-,27-21-,34-28+,35-29+/t40-,41+,42+/m1/s1. The predicted octanol–water partition coefficient (Wildman–Crippen LogP) is 10.5. The van der Waals surface area contributed by atoms with Crippen LogP contribution in [-0.4, -0.2) is 58.8 Å². The fraction of sp³-hybridized carbons (Fsp3) is 0.682. The van der Waals surface area contributed by atoms with E-state index in [2.05, 4.69) is 13.8 Å². The van der Waals surface area contributed by atoms with Crippen molar-refractivity contribution in [3.8, 4) is 0 Å². The number of rotatable bonds is 35. The van der Waals surface area contributed by atoms with Crippen molar-refractivity contribution in [3.63, 3.8) is 0 Å². The van der Waals surface area contributed by atoms with E-state index in [9.17, 15) is 24.9 Å². The number of carbonyl (C=O) groups excluding carboxylic acids is 2. The predicted molar refractivity (Wildman–Crippen MR) is 212 cm³/mol. The van der Waals surface area contributed by atoms with Crippen LogP contribution in [0.15, 0.2) is 72.9 Å². The molecular weight excluding hydrogens is 640 g/mol. The van der Waals surface area contributed by atoms with Gasteiger partial charge in [-0.3, -0.25) is 9.59 Å².